The van der Waals surface area contributed by atoms with Crippen LogP contribution in [0.15, 0.2) is 67.1 Å². The smallest absolute Gasteiger partial charge is 0.246 e. The summed E-state index contributed by atoms with van der Waals surface area (Å²) in [6.07, 6.45) is 8.80. The molecule has 0 unspecified atom stereocenters. The number of para-hydroxylation sites is 1. The number of benzene rings is 1. The van der Waals surface area contributed by atoms with Crippen molar-refractivity contribution in [2.75, 3.05) is 26.2 Å². The van der Waals surface area contributed by atoms with E-state index < -0.39 is 0 Å². The summed E-state index contributed by atoms with van der Waals surface area (Å²) in [5, 5.41) is 4.74. The second-order valence-electron chi connectivity index (χ2n) is 8.09. The van der Waals surface area contributed by atoms with Gasteiger partial charge in [0.15, 0.2) is 0 Å². The van der Waals surface area contributed by atoms with Gasteiger partial charge in [-0.05, 0) is 30.3 Å². The van der Waals surface area contributed by atoms with Gasteiger partial charge < -0.3 is 9.80 Å². The van der Waals surface area contributed by atoms with E-state index in [4.69, 9.17) is 5.10 Å². The Morgan fingerprint density at radius 3 is 2.34 bits per heavy atom. The van der Waals surface area contributed by atoms with Gasteiger partial charge in [0.2, 0.25) is 11.8 Å². The lowest BCUT2D eigenvalue weighted by atomic mass is 10.1. The summed E-state index contributed by atoms with van der Waals surface area (Å²) in [6, 6.07) is 13.7. The molecule has 7 heteroatoms. The topological polar surface area (TPSA) is 71.3 Å². The first-order chi connectivity index (χ1) is 15.5. The molecule has 0 bridgehead atoms. The first-order valence-corrected chi connectivity index (χ1v) is 10.8. The molecule has 0 aliphatic carbocycles. The fraction of sp³-hybridized carbons (Fsp3) is 0.280. The van der Waals surface area contributed by atoms with Crippen LogP contribution in [-0.4, -0.2) is 62.6 Å². The lowest BCUT2D eigenvalue weighted by Crippen LogP contribution is -2.51. The first-order valence-electron chi connectivity index (χ1n) is 10.8. The number of piperazine rings is 1. The molecule has 2 amide bonds. The number of amides is 2. The van der Waals surface area contributed by atoms with Crippen LogP contribution in [0.4, 0.5) is 0 Å². The summed E-state index contributed by atoms with van der Waals surface area (Å²) in [5.41, 5.74) is 3.42. The highest BCUT2D eigenvalue weighted by Crippen LogP contribution is 2.24. The van der Waals surface area contributed by atoms with Crippen LogP contribution < -0.4 is 0 Å². The lowest BCUT2D eigenvalue weighted by molar-refractivity contribution is -0.139. The van der Waals surface area contributed by atoms with E-state index in [0.29, 0.717) is 26.2 Å². The van der Waals surface area contributed by atoms with Crippen molar-refractivity contribution in [1.82, 2.24) is 24.6 Å². The molecule has 1 aliphatic heterocycles. The van der Waals surface area contributed by atoms with Gasteiger partial charge in [-0.15, -0.1) is 0 Å². The molecule has 1 aliphatic rings. The number of nitrogens with zero attached hydrogens (tertiary/aromatic N) is 5. The molecule has 7 nitrogen and oxygen atoms in total. The van der Waals surface area contributed by atoms with E-state index in [9.17, 15) is 9.59 Å². The summed E-state index contributed by atoms with van der Waals surface area (Å²) in [7, 11) is 0. The Kier molecular flexibility index (Phi) is 6.44. The predicted molar refractivity (Wildman–Crippen MR) is 124 cm³/mol. The van der Waals surface area contributed by atoms with Gasteiger partial charge in [0, 0.05) is 67.9 Å². The number of hydrogen-bond acceptors (Lipinski definition) is 4. The van der Waals surface area contributed by atoms with Crippen molar-refractivity contribution in [3.8, 4) is 16.9 Å². The van der Waals surface area contributed by atoms with E-state index in [1.165, 1.54) is 0 Å². The minimum atomic E-state index is -0.0637. The van der Waals surface area contributed by atoms with Gasteiger partial charge >= 0.3 is 0 Å². The Bertz CT molecular complexity index is 1100. The van der Waals surface area contributed by atoms with Crippen LogP contribution in [0.3, 0.4) is 0 Å². The monoisotopic (exact) mass is 429 g/mol. The van der Waals surface area contributed by atoms with Gasteiger partial charge in [-0.3, -0.25) is 14.6 Å². The molecule has 0 atom stereocenters. The minimum Gasteiger partial charge on any atom is -0.339 e. The number of carbonyl (C=O) groups excluding carboxylic acids is 2. The van der Waals surface area contributed by atoms with Crippen LogP contribution in [-0.2, 0) is 9.59 Å². The summed E-state index contributed by atoms with van der Waals surface area (Å²) < 4.78 is 1.81. The molecular weight excluding hydrogens is 402 g/mol. The summed E-state index contributed by atoms with van der Waals surface area (Å²) in [5.74, 6) is 0.0533. The van der Waals surface area contributed by atoms with Crippen molar-refractivity contribution in [2.45, 2.75) is 13.8 Å². The van der Waals surface area contributed by atoms with Crippen molar-refractivity contribution in [2.24, 2.45) is 5.92 Å². The van der Waals surface area contributed by atoms with Crippen LogP contribution in [0.1, 0.15) is 19.4 Å². The largest absolute Gasteiger partial charge is 0.339 e. The maximum atomic E-state index is 12.8. The standard InChI is InChI=1S/C25H27N5O2/c1-19(2)25(32)29-15-13-28(14-16-29)23(31)11-10-21-18-30(22-8-4-3-5-9-22)27-24(21)20-7-6-12-26-17-20/h3-12,17-19H,13-16H2,1-2H3/b11-10+. The van der Waals surface area contributed by atoms with Crippen LogP contribution in [0.2, 0.25) is 0 Å². The molecule has 0 spiro atoms. The SMILES string of the molecule is CC(C)C(=O)N1CCN(C(=O)/C=C/c2cn(-c3ccccc3)nc2-c2cccnc2)CC1. The van der Waals surface area contributed by atoms with E-state index in [2.05, 4.69) is 4.98 Å². The van der Waals surface area contributed by atoms with Crippen LogP contribution in [0, 0.1) is 5.92 Å². The summed E-state index contributed by atoms with van der Waals surface area (Å²) in [6.45, 7) is 6.03. The molecule has 0 N–H and O–H groups in total. The number of carbonyl (C=O) groups is 2. The van der Waals surface area contributed by atoms with Crippen molar-refractivity contribution in [3.05, 3.63) is 72.7 Å². The van der Waals surface area contributed by atoms with Gasteiger partial charge in [-0.2, -0.15) is 5.10 Å². The highest BCUT2D eigenvalue weighted by Gasteiger charge is 2.24. The Labute approximate surface area is 188 Å². The quantitative estimate of drug-likeness (QED) is 0.584. The highest BCUT2D eigenvalue weighted by atomic mass is 16.2. The molecular formula is C25H27N5O2. The Morgan fingerprint density at radius 1 is 0.969 bits per heavy atom. The first kappa shape index (κ1) is 21.5. The van der Waals surface area contributed by atoms with Gasteiger partial charge in [0.1, 0.15) is 5.69 Å². The van der Waals surface area contributed by atoms with Gasteiger partial charge in [0.25, 0.3) is 0 Å². The van der Waals surface area contributed by atoms with Gasteiger partial charge in [-0.25, -0.2) is 4.68 Å². The van der Waals surface area contributed by atoms with Crippen LogP contribution in [0.25, 0.3) is 23.0 Å². The summed E-state index contributed by atoms with van der Waals surface area (Å²) in [4.78, 5) is 32.8. The van der Waals surface area contributed by atoms with E-state index in [1.54, 1.807) is 23.4 Å². The average Bonchev–Trinajstić information content (AvgIpc) is 3.27. The van der Waals surface area contributed by atoms with E-state index in [0.717, 1.165) is 22.5 Å². The summed E-state index contributed by atoms with van der Waals surface area (Å²) >= 11 is 0. The molecule has 3 aromatic rings. The van der Waals surface area contributed by atoms with Crippen molar-refractivity contribution in [1.29, 1.82) is 0 Å². The highest BCUT2D eigenvalue weighted by molar-refractivity contribution is 5.93. The Morgan fingerprint density at radius 2 is 1.69 bits per heavy atom. The second kappa shape index (κ2) is 9.60. The normalized spacial score (nSPS) is 14.3. The minimum absolute atomic E-state index is 0.0239. The zero-order valence-electron chi connectivity index (χ0n) is 18.4. The average molecular weight is 430 g/mol. The third kappa shape index (κ3) is 4.77. The maximum Gasteiger partial charge on any atom is 0.246 e. The fourth-order valence-corrected chi connectivity index (χ4v) is 3.73. The zero-order valence-corrected chi connectivity index (χ0v) is 18.4. The molecule has 0 radical (unpaired) electrons. The zero-order chi connectivity index (χ0) is 22.5. The number of rotatable bonds is 5. The van der Waals surface area contributed by atoms with E-state index in [1.807, 2.05) is 78.2 Å². The van der Waals surface area contributed by atoms with Gasteiger partial charge in [0.05, 0.1) is 5.69 Å². The molecule has 0 saturated carbocycles. The Hall–Kier alpha value is -3.74. The molecule has 4 rings (SSSR count). The molecule has 164 valence electrons. The number of pyridine rings is 1. The number of aromatic nitrogens is 3. The van der Waals surface area contributed by atoms with Gasteiger partial charge in [-0.1, -0.05) is 32.0 Å². The number of hydrogen-bond donors (Lipinski definition) is 0. The molecule has 32 heavy (non-hydrogen) atoms. The van der Waals surface area contributed by atoms with Crippen molar-refractivity contribution >= 4 is 17.9 Å². The maximum absolute atomic E-state index is 12.8. The van der Waals surface area contributed by atoms with E-state index >= 15 is 0 Å². The molecule has 1 aromatic carbocycles. The van der Waals surface area contributed by atoms with E-state index in [-0.39, 0.29) is 17.7 Å². The third-order valence-corrected chi connectivity index (χ3v) is 5.50. The second-order valence-corrected chi connectivity index (χ2v) is 8.09. The lowest BCUT2D eigenvalue weighted by Gasteiger charge is -2.35. The molecule has 3 heterocycles. The predicted octanol–water partition coefficient (Wildman–Crippen LogP) is 3.27. The molecule has 2 aromatic heterocycles. The van der Waals surface area contributed by atoms with Crippen LogP contribution >= 0.6 is 0 Å². The molecule has 1 saturated heterocycles. The van der Waals surface area contributed by atoms with Crippen molar-refractivity contribution < 1.29 is 9.59 Å². The van der Waals surface area contributed by atoms with Crippen LogP contribution in [0.5, 0.6) is 0 Å². The third-order valence-electron chi connectivity index (χ3n) is 5.50. The fourth-order valence-electron chi connectivity index (χ4n) is 3.73. The van der Waals surface area contributed by atoms with Crippen molar-refractivity contribution in [3.63, 3.8) is 0 Å². The molecule has 1 fully saturated rings. The Balaban J connectivity index is 1.52.